The van der Waals surface area contributed by atoms with Crippen LogP contribution in [-0.2, 0) is 29.9 Å². The molecule has 21 heavy (non-hydrogen) atoms. The lowest BCUT2D eigenvalue weighted by Crippen LogP contribution is -2.37. The van der Waals surface area contributed by atoms with Crippen molar-refractivity contribution >= 4 is 29.9 Å². The van der Waals surface area contributed by atoms with Crippen molar-refractivity contribution in [1.29, 1.82) is 0 Å². The first-order valence-corrected chi connectivity index (χ1v) is 10.7. The summed E-state index contributed by atoms with van der Waals surface area (Å²) in [4.78, 5) is -0.657. The number of nitrogens with two attached hydrogens (primary N) is 1. The summed E-state index contributed by atoms with van der Waals surface area (Å²) in [5, 5.41) is 4.93. The van der Waals surface area contributed by atoms with Gasteiger partial charge in [-0.05, 0) is 25.1 Å². The first-order chi connectivity index (χ1) is 9.31. The van der Waals surface area contributed by atoms with E-state index in [9.17, 15) is 25.3 Å². The third-order valence-electron chi connectivity index (χ3n) is 2.35. The molecule has 0 aliphatic heterocycles. The normalized spacial score (nSPS) is 14.8. The van der Waals surface area contributed by atoms with Crippen LogP contribution in [0.15, 0.2) is 34.1 Å². The Morgan fingerprint density at radius 3 is 2.10 bits per heavy atom. The summed E-state index contributed by atoms with van der Waals surface area (Å²) in [7, 11) is -11.4. The number of hydrogen-bond acceptors (Lipinski definition) is 6. The average Bonchev–Trinajstić information content (AvgIpc) is 2.24. The van der Waals surface area contributed by atoms with Gasteiger partial charge in [0.05, 0.1) is 15.5 Å². The molecular weight excluding hydrogens is 340 g/mol. The maximum atomic E-state index is 12.1. The minimum absolute atomic E-state index is 0.311. The fourth-order valence-corrected chi connectivity index (χ4v) is 4.66. The van der Waals surface area contributed by atoms with Gasteiger partial charge in [0, 0.05) is 12.3 Å². The van der Waals surface area contributed by atoms with Crippen molar-refractivity contribution in [3.63, 3.8) is 0 Å². The molecule has 0 aromatic heterocycles. The largest absolute Gasteiger partial charge is 0.240 e. The van der Waals surface area contributed by atoms with E-state index >= 15 is 0 Å². The lowest BCUT2D eigenvalue weighted by atomic mass is 10.4. The van der Waals surface area contributed by atoms with E-state index in [4.69, 9.17) is 5.14 Å². The molecule has 8 nitrogen and oxygen atoms in total. The van der Waals surface area contributed by atoms with Gasteiger partial charge in [-0.1, -0.05) is 6.07 Å². The molecule has 1 atom stereocenters. The number of nitrogens with one attached hydrogen (secondary N) is 1. The smallest absolute Gasteiger partial charge is 0.229 e. The minimum atomic E-state index is -4.05. The molecule has 0 aliphatic rings. The average molecular weight is 356 g/mol. The molecule has 3 N–H and O–H groups in total. The predicted molar refractivity (Wildman–Crippen MR) is 77.3 cm³/mol. The predicted octanol–water partition coefficient (Wildman–Crippen LogP) is -0.955. The van der Waals surface area contributed by atoms with Crippen LogP contribution in [0.3, 0.4) is 0 Å². The van der Waals surface area contributed by atoms with Crippen LogP contribution in [0.1, 0.15) is 6.92 Å². The van der Waals surface area contributed by atoms with E-state index in [0.717, 1.165) is 18.4 Å². The third-order valence-corrected chi connectivity index (χ3v) is 5.96. The van der Waals surface area contributed by atoms with Crippen LogP contribution in [0.4, 0.5) is 0 Å². The van der Waals surface area contributed by atoms with E-state index in [1.807, 2.05) is 0 Å². The third kappa shape index (κ3) is 5.71. The van der Waals surface area contributed by atoms with Crippen LogP contribution < -0.4 is 9.86 Å². The maximum absolute atomic E-state index is 12.1. The Hall–Kier alpha value is -1.01. The fraction of sp³-hybridized carbons (Fsp3) is 0.400. The van der Waals surface area contributed by atoms with E-state index in [1.54, 1.807) is 0 Å². The molecule has 0 aliphatic carbocycles. The summed E-state index contributed by atoms with van der Waals surface area (Å²) in [6, 6.07) is 3.63. The zero-order valence-electron chi connectivity index (χ0n) is 11.3. The molecule has 0 spiro atoms. The second-order valence-electron chi connectivity index (χ2n) is 4.63. The van der Waals surface area contributed by atoms with Crippen molar-refractivity contribution in [2.24, 2.45) is 5.14 Å². The zero-order chi connectivity index (χ0) is 16.5. The highest BCUT2D eigenvalue weighted by Gasteiger charge is 2.21. The van der Waals surface area contributed by atoms with E-state index < -0.39 is 35.9 Å². The van der Waals surface area contributed by atoms with Crippen molar-refractivity contribution < 1.29 is 25.3 Å². The summed E-state index contributed by atoms with van der Waals surface area (Å²) in [6.07, 6.45) is 0.986. The number of sulfone groups is 1. The van der Waals surface area contributed by atoms with Gasteiger partial charge in [-0.25, -0.2) is 35.1 Å². The van der Waals surface area contributed by atoms with Crippen molar-refractivity contribution in [1.82, 2.24) is 4.72 Å². The summed E-state index contributed by atoms with van der Waals surface area (Å²) in [5.74, 6) is -0.374. The van der Waals surface area contributed by atoms with Gasteiger partial charge in [-0.2, -0.15) is 0 Å². The number of primary sulfonamides is 1. The zero-order valence-corrected chi connectivity index (χ0v) is 13.8. The Morgan fingerprint density at radius 2 is 1.62 bits per heavy atom. The number of sulfonamides is 2. The first kappa shape index (κ1) is 18.0. The summed E-state index contributed by atoms with van der Waals surface area (Å²) >= 11 is 0. The van der Waals surface area contributed by atoms with Crippen molar-refractivity contribution in [2.45, 2.75) is 22.8 Å². The van der Waals surface area contributed by atoms with Gasteiger partial charge in [0.1, 0.15) is 9.84 Å². The second-order valence-corrected chi connectivity index (χ2v) is 10.1. The fourth-order valence-electron chi connectivity index (χ4n) is 1.64. The monoisotopic (exact) mass is 356 g/mol. The van der Waals surface area contributed by atoms with Crippen LogP contribution in [0.5, 0.6) is 0 Å². The van der Waals surface area contributed by atoms with Crippen LogP contribution in [0.2, 0.25) is 0 Å². The van der Waals surface area contributed by atoms with Crippen LogP contribution in [0, 0.1) is 0 Å². The summed E-state index contributed by atoms with van der Waals surface area (Å²) in [5.41, 5.74) is 0. The van der Waals surface area contributed by atoms with Gasteiger partial charge in [0.25, 0.3) is 0 Å². The minimum Gasteiger partial charge on any atom is -0.229 e. The summed E-state index contributed by atoms with van der Waals surface area (Å²) in [6.45, 7) is 1.39. The molecule has 1 aromatic carbocycles. The van der Waals surface area contributed by atoms with Gasteiger partial charge < -0.3 is 0 Å². The molecule has 0 amide bonds. The number of hydrogen-bond donors (Lipinski definition) is 2. The van der Waals surface area contributed by atoms with E-state index in [-0.39, 0.29) is 15.5 Å². The summed E-state index contributed by atoms with van der Waals surface area (Å²) < 4.78 is 70.9. The SMILES string of the molecule is CC(CS(C)(=O)=O)NS(=O)(=O)c1cccc(S(N)(=O)=O)c1. The number of benzene rings is 1. The van der Waals surface area contributed by atoms with Gasteiger partial charge >= 0.3 is 0 Å². The first-order valence-electron chi connectivity index (χ1n) is 5.64. The molecule has 0 fully saturated rings. The lowest BCUT2D eigenvalue weighted by molar-refractivity contribution is 0.564. The molecule has 0 saturated carbocycles. The van der Waals surface area contributed by atoms with E-state index in [1.165, 1.54) is 19.1 Å². The van der Waals surface area contributed by atoms with E-state index in [0.29, 0.717) is 0 Å². The quantitative estimate of drug-likeness (QED) is 0.673. The Labute approximate surface area is 124 Å². The Bertz CT molecular complexity index is 827. The number of rotatable bonds is 6. The standard InChI is InChI=1S/C10H16N2O6S3/c1-8(7-19(2,13)14)12-21(17,18)10-5-3-4-9(6-10)20(11,15)16/h3-6,8,12H,7H2,1-2H3,(H2,11,15,16). The Balaban J connectivity index is 3.10. The molecule has 1 unspecified atom stereocenters. The van der Waals surface area contributed by atoms with Crippen LogP contribution in [0.25, 0.3) is 0 Å². The highest BCUT2D eigenvalue weighted by molar-refractivity contribution is 7.91. The van der Waals surface area contributed by atoms with Crippen LogP contribution in [-0.4, -0.2) is 43.3 Å². The second kappa shape index (κ2) is 6.01. The molecular formula is C10H16N2O6S3. The molecule has 0 bridgehead atoms. The van der Waals surface area contributed by atoms with Gasteiger partial charge in [0.2, 0.25) is 20.0 Å². The van der Waals surface area contributed by atoms with Gasteiger partial charge in [-0.15, -0.1) is 0 Å². The highest BCUT2D eigenvalue weighted by Crippen LogP contribution is 2.15. The van der Waals surface area contributed by atoms with E-state index in [2.05, 4.69) is 4.72 Å². The molecule has 0 heterocycles. The Morgan fingerprint density at radius 1 is 1.10 bits per heavy atom. The Kier molecular flexibility index (Phi) is 5.16. The molecule has 0 saturated heterocycles. The molecule has 11 heteroatoms. The molecule has 1 aromatic rings. The van der Waals surface area contributed by atoms with Crippen LogP contribution >= 0.6 is 0 Å². The van der Waals surface area contributed by atoms with Crippen molar-refractivity contribution in [3.05, 3.63) is 24.3 Å². The molecule has 0 radical (unpaired) electrons. The van der Waals surface area contributed by atoms with Crippen molar-refractivity contribution in [2.75, 3.05) is 12.0 Å². The maximum Gasteiger partial charge on any atom is 0.240 e. The van der Waals surface area contributed by atoms with Crippen molar-refractivity contribution in [3.8, 4) is 0 Å². The van der Waals surface area contributed by atoms with Gasteiger partial charge in [0.15, 0.2) is 0 Å². The lowest BCUT2D eigenvalue weighted by Gasteiger charge is -2.13. The highest BCUT2D eigenvalue weighted by atomic mass is 32.2. The van der Waals surface area contributed by atoms with Gasteiger partial charge in [-0.3, -0.25) is 0 Å². The molecule has 1 rings (SSSR count). The molecule has 120 valence electrons. The topological polar surface area (TPSA) is 140 Å².